The van der Waals surface area contributed by atoms with Crippen molar-refractivity contribution < 1.29 is 43.8 Å². The first kappa shape index (κ1) is 40.7. The van der Waals surface area contributed by atoms with Gasteiger partial charge in [-0.05, 0) is 25.0 Å². The molecule has 6 aromatic heterocycles. The van der Waals surface area contributed by atoms with Gasteiger partial charge < -0.3 is 59.0 Å². The number of aliphatic hydroxyl groups excluding tert-OH is 4. The van der Waals surface area contributed by atoms with Gasteiger partial charge in [-0.3, -0.25) is 9.13 Å². The maximum atomic E-state index is 12.9. The fourth-order valence-corrected chi connectivity index (χ4v) is 10.8. The zero-order valence-corrected chi connectivity index (χ0v) is 35.2. The summed E-state index contributed by atoms with van der Waals surface area (Å²) in [5.41, 5.74) is -2.62. The van der Waals surface area contributed by atoms with Crippen LogP contribution >= 0.6 is 23.5 Å². The Morgan fingerprint density at radius 1 is 0.730 bits per heavy atom. The number of nitrogens with one attached hydrogen (secondary N) is 2. The number of para-hydroxylation sites is 2. The molecule has 24 heteroatoms. The third-order valence-corrected chi connectivity index (χ3v) is 14.2. The number of ether oxygens (including phenoxy) is 4. The molecular formula is C39H43N13O9S2. The molecule has 0 amide bonds. The van der Waals surface area contributed by atoms with Gasteiger partial charge in [0.2, 0.25) is 11.4 Å². The molecule has 0 unspecified atom stereocenters. The minimum Gasteiger partial charge on any atom is -0.431 e. The van der Waals surface area contributed by atoms with E-state index in [0.717, 1.165) is 12.8 Å². The summed E-state index contributed by atoms with van der Waals surface area (Å²) in [6, 6.07) is 7.21. The molecule has 0 radical (unpaired) electrons. The van der Waals surface area contributed by atoms with E-state index in [4.69, 9.17) is 33.3 Å². The van der Waals surface area contributed by atoms with Crippen molar-refractivity contribution in [3.63, 3.8) is 0 Å². The van der Waals surface area contributed by atoms with E-state index >= 15 is 0 Å². The zero-order chi connectivity index (χ0) is 42.9. The first-order chi connectivity index (χ1) is 30.7. The molecule has 0 aliphatic carbocycles. The maximum absolute atomic E-state index is 12.9. The summed E-state index contributed by atoms with van der Waals surface area (Å²) in [5.74, 6) is 0.887. The Bertz CT molecular complexity index is 2730. The van der Waals surface area contributed by atoms with Gasteiger partial charge in [0.25, 0.3) is 5.22 Å². The number of hydrogen-bond acceptors (Lipinski definition) is 21. The number of aliphatic hydroxyl groups is 4. The van der Waals surface area contributed by atoms with Gasteiger partial charge in [0.15, 0.2) is 44.7 Å². The van der Waals surface area contributed by atoms with E-state index in [1.807, 2.05) is 29.8 Å². The summed E-state index contributed by atoms with van der Waals surface area (Å²) in [5, 5.41) is 58.1. The molecule has 11 rings (SSSR count). The molecule has 63 heavy (non-hydrogen) atoms. The second kappa shape index (κ2) is 16.2. The summed E-state index contributed by atoms with van der Waals surface area (Å²) in [7, 11) is 1.84. The van der Waals surface area contributed by atoms with Gasteiger partial charge in [-0.2, -0.15) is 0 Å². The number of aromatic nitrogens is 11. The highest BCUT2D eigenvalue weighted by atomic mass is 32.2. The standard InChI is InChI=1S/C39H43N13O9S2/c1-50-9-8-40-36(50)62-14-24-28(53)30(55)38(60-24,51-18-45-26-32(41-16-43-34(26)51)47-20-6-10-57-12-20)39(52-19-46-27-33(42-17-44-35(27)52)48-21-7-11-58-13-21)31(56)29(54)25(61-39)15-63-37-49-22-4-2-3-5-23(22)59-37/h2-5,8-9,16-21,24-25,28-31,53-56H,6-7,10-15H2,1H3,(H,41,43,47)(H,42,44,48)/t20-,21+,24+,25+,28+,29+,30+,31+,38+,39+/m0/s1. The van der Waals surface area contributed by atoms with E-state index < -0.39 is 48.1 Å². The Balaban J connectivity index is 1.09. The summed E-state index contributed by atoms with van der Waals surface area (Å²) >= 11 is 2.47. The molecule has 0 spiro atoms. The lowest BCUT2D eigenvalue weighted by atomic mass is 9.85. The Hall–Kier alpha value is -5.02. The summed E-state index contributed by atoms with van der Waals surface area (Å²) in [4.78, 5) is 36.9. The molecule has 4 aliphatic rings. The van der Waals surface area contributed by atoms with Crippen LogP contribution in [-0.4, -0.2) is 161 Å². The number of hydrogen-bond donors (Lipinski definition) is 6. The van der Waals surface area contributed by atoms with Crippen LogP contribution in [0.15, 0.2) is 76.8 Å². The quantitative estimate of drug-likeness (QED) is 0.0884. The molecule has 1 aromatic carbocycles. The Morgan fingerprint density at radius 2 is 1.30 bits per heavy atom. The molecule has 4 aliphatic heterocycles. The van der Waals surface area contributed by atoms with Crippen LogP contribution in [0.2, 0.25) is 0 Å². The summed E-state index contributed by atoms with van der Waals surface area (Å²) < 4.78 is 36.1. The second-order valence-electron chi connectivity index (χ2n) is 15.9. The minimum absolute atomic E-state index is 0.0143. The minimum atomic E-state index is -2.38. The lowest BCUT2D eigenvalue weighted by Gasteiger charge is -2.49. The molecular weight excluding hydrogens is 859 g/mol. The SMILES string of the molecule is Cn1ccnc1SC[C@H]1O[C@@](n2cnc3c(N[C@H]4CCOC4)ncnc32)([C@]2(n3cnc4c(N[C@@H]5CCOC5)ncnc43)O[C@H](CSc3nc4ccccc4o3)[C@@H](O)[C@H]2O)[C@H](O)[C@@H]1O. The van der Waals surface area contributed by atoms with Crippen molar-refractivity contribution in [2.75, 3.05) is 48.6 Å². The van der Waals surface area contributed by atoms with Crippen molar-refractivity contribution in [2.24, 2.45) is 7.05 Å². The number of aryl methyl sites for hydroxylation is 1. The molecule has 0 saturated carbocycles. The van der Waals surface area contributed by atoms with Crippen molar-refractivity contribution in [2.45, 2.75) is 83.4 Å². The van der Waals surface area contributed by atoms with Crippen LogP contribution in [0.1, 0.15) is 12.8 Å². The van der Waals surface area contributed by atoms with E-state index in [1.54, 1.807) is 18.5 Å². The van der Waals surface area contributed by atoms with E-state index in [-0.39, 0.29) is 34.9 Å². The number of anilines is 2. The maximum Gasteiger partial charge on any atom is 0.256 e. The topological polar surface area (TPSA) is 273 Å². The number of thioether (sulfide) groups is 2. The van der Waals surface area contributed by atoms with Crippen molar-refractivity contribution in [1.82, 2.24) is 53.6 Å². The van der Waals surface area contributed by atoms with Crippen LogP contribution in [0.4, 0.5) is 11.6 Å². The van der Waals surface area contributed by atoms with Crippen molar-refractivity contribution in [3.05, 3.63) is 62.0 Å². The Morgan fingerprint density at radius 3 is 1.83 bits per heavy atom. The van der Waals surface area contributed by atoms with E-state index in [9.17, 15) is 20.4 Å². The first-order valence-corrected chi connectivity index (χ1v) is 22.4. The van der Waals surface area contributed by atoms with Crippen LogP contribution in [0.25, 0.3) is 33.4 Å². The zero-order valence-electron chi connectivity index (χ0n) is 33.6. The molecule has 330 valence electrons. The number of oxazole rings is 1. The van der Waals surface area contributed by atoms with Gasteiger partial charge in [-0.15, -0.1) is 0 Å². The predicted molar refractivity (Wildman–Crippen MR) is 225 cm³/mol. The van der Waals surface area contributed by atoms with E-state index in [2.05, 4.69) is 40.5 Å². The van der Waals surface area contributed by atoms with Gasteiger partial charge in [-0.25, -0.2) is 39.9 Å². The number of benzene rings is 1. The molecule has 0 bridgehead atoms. The van der Waals surface area contributed by atoms with Crippen LogP contribution in [0.5, 0.6) is 0 Å². The number of imidazole rings is 3. The Kier molecular flexibility index (Phi) is 10.5. The number of rotatable bonds is 13. The predicted octanol–water partition coefficient (Wildman–Crippen LogP) is 1.07. The van der Waals surface area contributed by atoms with Crippen LogP contribution in [0.3, 0.4) is 0 Å². The summed E-state index contributed by atoms with van der Waals surface area (Å²) in [6.45, 7) is 2.09. The highest BCUT2D eigenvalue weighted by Gasteiger charge is 2.76. The first-order valence-electron chi connectivity index (χ1n) is 20.5. The van der Waals surface area contributed by atoms with Gasteiger partial charge in [-0.1, -0.05) is 35.7 Å². The molecule has 22 nitrogen and oxygen atoms in total. The lowest BCUT2D eigenvalue weighted by Crippen LogP contribution is -2.67. The van der Waals surface area contributed by atoms with Crippen LogP contribution in [-0.2, 0) is 37.4 Å². The van der Waals surface area contributed by atoms with Crippen LogP contribution < -0.4 is 10.6 Å². The average molecular weight is 902 g/mol. The fraction of sp³-hybridized carbons (Fsp3) is 0.487. The van der Waals surface area contributed by atoms with Crippen molar-refractivity contribution in [1.29, 1.82) is 0 Å². The highest BCUT2D eigenvalue weighted by Crippen LogP contribution is 2.56. The molecule has 6 N–H and O–H groups in total. The number of nitrogens with zero attached hydrogens (tertiary/aromatic N) is 11. The highest BCUT2D eigenvalue weighted by molar-refractivity contribution is 7.99. The van der Waals surface area contributed by atoms with E-state index in [1.165, 1.54) is 58.0 Å². The van der Waals surface area contributed by atoms with Gasteiger partial charge in [0, 0.05) is 44.2 Å². The fourth-order valence-electron chi connectivity index (χ4n) is 8.98. The van der Waals surface area contributed by atoms with Crippen molar-refractivity contribution in [3.8, 4) is 0 Å². The second-order valence-corrected chi connectivity index (χ2v) is 17.9. The molecule has 7 aromatic rings. The van der Waals surface area contributed by atoms with Gasteiger partial charge in [0.05, 0.1) is 50.2 Å². The third kappa shape index (κ3) is 6.65. The lowest BCUT2D eigenvalue weighted by molar-refractivity contribution is -0.318. The van der Waals surface area contributed by atoms with Crippen LogP contribution in [0, 0.1) is 0 Å². The number of fused-ring (bicyclic) bond motifs is 3. The normalized spacial score (nSPS) is 31.0. The molecule has 4 fully saturated rings. The van der Waals surface area contributed by atoms with Crippen molar-refractivity contribution >= 4 is 68.6 Å². The Labute approximate surface area is 365 Å². The molecule has 10 heterocycles. The van der Waals surface area contributed by atoms with Gasteiger partial charge >= 0.3 is 0 Å². The smallest absolute Gasteiger partial charge is 0.256 e. The molecule has 4 saturated heterocycles. The summed E-state index contributed by atoms with van der Waals surface area (Å²) in [6.07, 6.45) is 1.05. The van der Waals surface area contributed by atoms with Gasteiger partial charge in [0.1, 0.15) is 42.6 Å². The van der Waals surface area contributed by atoms with E-state index in [0.29, 0.717) is 70.6 Å². The monoisotopic (exact) mass is 901 g/mol. The largest absolute Gasteiger partial charge is 0.431 e. The molecule has 10 atom stereocenters. The third-order valence-electron chi connectivity index (χ3n) is 12.1. The average Bonchev–Trinajstić information content (AvgIpc) is 4.16.